The van der Waals surface area contributed by atoms with E-state index >= 15 is 0 Å². The molecule has 3 saturated carbocycles. The van der Waals surface area contributed by atoms with Gasteiger partial charge in [-0.15, -0.1) is 0 Å². The van der Waals surface area contributed by atoms with Crippen molar-refractivity contribution >= 4 is 61.5 Å². The predicted molar refractivity (Wildman–Crippen MR) is 187 cm³/mol. The molecule has 2 aromatic carbocycles. The largest absolute Gasteiger partial charge is 0.469 e. The summed E-state index contributed by atoms with van der Waals surface area (Å²) in [6.45, 7) is 13.4. The Hall–Kier alpha value is -3.31. The van der Waals surface area contributed by atoms with Crippen molar-refractivity contribution in [2.75, 3.05) is 14.2 Å². The summed E-state index contributed by atoms with van der Waals surface area (Å²) in [7, 11) is 2.48. The van der Waals surface area contributed by atoms with E-state index < -0.39 is 75.5 Å². The molecular formula is C38H42Br2O9. The molecule has 0 N–H and O–H groups in total. The molecule has 11 heteroatoms. The van der Waals surface area contributed by atoms with Crippen molar-refractivity contribution in [1.29, 1.82) is 0 Å². The van der Waals surface area contributed by atoms with Crippen molar-refractivity contribution in [1.82, 2.24) is 0 Å². The standard InChI is InChI=1S/C38H42Br2O9/c1-20-19-25-36(4)18-17-26(41)35(2,3)28(36)27(48-31(42)21-9-13-23(39)14-10-21)30(49-32(43)22-11-15-24(40)16-12-22)38(25,6)29(33(44)46-7)37(20,5)34(45)47-8/h9-16,25,27-30H,1,17-19H2,2-8H3/t25-,27-,28+,29-,30-,36-,37+,38+/m1/s1. The number of ether oxygens (including phenoxy) is 4. The highest BCUT2D eigenvalue weighted by molar-refractivity contribution is 9.10. The number of halogens is 2. The number of carbonyl (C=O) groups excluding carboxylic acids is 5. The zero-order valence-electron chi connectivity index (χ0n) is 28.8. The Kier molecular flexibility index (Phi) is 9.88. The molecule has 0 amide bonds. The van der Waals surface area contributed by atoms with Crippen LogP contribution in [0.3, 0.4) is 0 Å². The molecule has 0 unspecified atom stereocenters. The fourth-order valence-corrected chi connectivity index (χ4v) is 10.1. The zero-order valence-corrected chi connectivity index (χ0v) is 31.9. The van der Waals surface area contributed by atoms with Gasteiger partial charge in [0.2, 0.25) is 0 Å². The van der Waals surface area contributed by atoms with Crippen molar-refractivity contribution in [2.45, 2.75) is 66.1 Å². The fourth-order valence-electron chi connectivity index (χ4n) is 9.53. The van der Waals surface area contributed by atoms with Crippen molar-refractivity contribution in [3.63, 3.8) is 0 Å². The van der Waals surface area contributed by atoms with Crippen molar-refractivity contribution < 1.29 is 42.9 Å². The van der Waals surface area contributed by atoms with E-state index in [1.54, 1.807) is 62.4 Å². The molecule has 0 aromatic heterocycles. The van der Waals surface area contributed by atoms with Gasteiger partial charge in [-0.2, -0.15) is 0 Å². The number of ketones is 1. The first-order valence-electron chi connectivity index (χ1n) is 16.2. The first-order valence-corrected chi connectivity index (χ1v) is 17.8. The number of hydrogen-bond acceptors (Lipinski definition) is 9. The number of Topliss-reactive ketones (excluding diaryl/α,β-unsaturated/α-hetero) is 1. The Labute approximate surface area is 303 Å². The minimum Gasteiger partial charge on any atom is -0.469 e. The number of fused-ring (bicyclic) bond motifs is 3. The van der Waals surface area contributed by atoms with Gasteiger partial charge in [0.05, 0.1) is 36.7 Å². The van der Waals surface area contributed by atoms with E-state index in [9.17, 15) is 24.0 Å². The summed E-state index contributed by atoms with van der Waals surface area (Å²) in [6.07, 6.45) is -1.62. The van der Waals surface area contributed by atoms with Gasteiger partial charge in [-0.05, 0) is 79.6 Å². The number of rotatable bonds is 6. The lowest BCUT2D eigenvalue weighted by Crippen LogP contribution is -2.74. The highest BCUT2D eigenvalue weighted by Crippen LogP contribution is 2.72. The molecule has 2 aromatic rings. The maximum Gasteiger partial charge on any atom is 0.338 e. The average molecular weight is 803 g/mol. The van der Waals surface area contributed by atoms with Crippen LogP contribution in [0, 0.1) is 39.4 Å². The minimum atomic E-state index is -1.60. The van der Waals surface area contributed by atoms with Crippen LogP contribution in [0.25, 0.3) is 0 Å². The lowest BCUT2D eigenvalue weighted by molar-refractivity contribution is -0.265. The van der Waals surface area contributed by atoms with E-state index in [2.05, 4.69) is 38.4 Å². The van der Waals surface area contributed by atoms with Crippen LogP contribution >= 0.6 is 31.9 Å². The molecule has 0 saturated heterocycles. The van der Waals surface area contributed by atoms with Crippen LogP contribution in [-0.4, -0.2) is 56.1 Å². The fraction of sp³-hybridized carbons (Fsp3) is 0.500. The van der Waals surface area contributed by atoms with Crippen molar-refractivity contribution in [2.24, 2.45) is 39.4 Å². The van der Waals surface area contributed by atoms with Crippen molar-refractivity contribution in [3.8, 4) is 0 Å². The molecule has 0 aliphatic heterocycles. The normalized spacial score (nSPS) is 33.4. The van der Waals surface area contributed by atoms with E-state index in [0.717, 1.165) is 8.95 Å². The molecule has 3 aliphatic carbocycles. The SMILES string of the molecule is C=C1C[C@@H]2[C@@]3(C)CCC(=O)C(C)(C)[C@@H]3[C@@H](OC(=O)c3ccc(Br)cc3)[C@@H](OC(=O)c3ccc(Br)cc3)[C@]2(C)[C@H](C(=O)OC)[C@@]1(C)C(=O)OC. The highest BCUT2D eigenvalue weighted by atomic mass is 79.9. The summed E-state index contributed by atoms with van der Waals surface area (Å²) in [4.78, 5) is 69.9. The Morgan fingerprint density at radius 3 is 1.80 bits per heavy atom. The summed E-state index contributed by atoms with van der Waals surface area (Å²) in [5.41, 5.74) is -3.85. The Balaban J connectivity index is 1.81. The first-order chi connectivity index (χ1) is 22.9. The lowest BCUT2D eigenvalue weighted by atomic mass is 9.35. The van der Waals surface area contributed by atoms with Crippen LogP contribution in [0.15, 0.2) is 69.6 Å². The van der Waals surface area contributed by atoms with Gasteiger partial charge in [0.15, 0.2) is 0 Å². The predicted octanol–water partition coefficient (Wildman–Crippen LogP) is 7.54. The topological polar surface area (TPSA) is 122 Å². The third kappa shape index (κ3) is 5.78. The van der Waals surface area contributed by atoms with Crippen LogP contribution in [0.2, 0.25) is 0 Å². The third-order valence-electron chi connectivity index (χ3n) is 12.0. The van der Waals surface area contributed by atoms with Crippen LogP contribution in [0.1, 0.15) is 74.6 Å². The summed E-state index contributed by atoms with van der Waals surface area (Å²) in [5, 5.41) is 0. The highest BCUT2D eigenvalue weighted by Gasteiger charge is 2.76. The number of benzene rings is 2. The van der Waals surface area contributed by atoms with Gasteiger partial charge in [0.1, 0.15) is 18.0 Å². The maximum absolute atomic E-state index is 14.2. The molecule has 3 fully saturated rings. The van der Waals surface area contributed by atoms with Crippen LogP contribution < -0.4 is 0 Å². The van der Waals surface area contributed by atoms with Crippen LogP contribution in [0.5, 0.6) is 0 Å². The second-order valence-corrected chi connectivity index (χ2v) is 16.5. The Bertz CT molecular complexity index is 1700. The monoisotopic (exact) mass is 800 g/mol. The van der Waals surface area contributed by atoms with Gasteiger partial charge in [-0.25, -0.2) is 9.59 Å². The molecule has 8 atom stereocenters. The summed E-state index contributed by atoms with van der Waals surface area (Å²) >= 11 is 6.79. The molecule has 49 heavy (non-hydrogen) atoms. The molecule has 0 spiro atoms. The molecule has 3 aliphatic rings. The van der Waals surface area contributed by atoms with E-state index in [-0.39, 0.29) is 29.8 Å². The Morgan fingerprint density at radius 2 is 1.31 bits per heavy atom. The molecule has 0 radical (unpaired) electrons. The first kappa shape index (κ1) is 37.0. The second-order valence-electron chi connectivity index (χ2n) is 14.7. The van der Waals surface area contributed by atoms with E-state index in [1.165, 1.54) is 14.2 Å². The number of carbonyl (C=O) groups is 5. The molecule has 9 nitrogen and oxygen atoms in total. The smallest absolute Gasteiger partial charge is 0.338 e. The summed E-state index contributed by atoms with van der Waals surface area (Å²) in [5.74, 6) is -5.26. The second kappa shape index (κ2) is 13.1. The van der Waals surface area contributed by atoms with Gasteiger partial charge < -0.3 is 18.9 Å². The van der Waals surface area contributed by atoms with E-state index in [0.29, 0.717) is 12.0 Å². The van der Waals surface area contributed by atoms with E-state index in [4.69, 9.17) is 18.9 Å². The lowest BCUT2D eigenvalue weighted by Gasteiger charge is -2.69. The minimum absolute atomic E-state index is 0.0141. The molecule has 0 heterocycles. The third-order valence-corrected chi connectivity index (χ3v) is 13.0. The number of esters is 4. The maximum atomic E-state index is 14.2. The van der Waals surface area contributed by atoms with Gasteiger partial charge in [-0.1, -0.05) is 71.7 Å². The van der Waals surface area contributed by atoms with Gasteiger partial charge in [-0.3, -0.25) is 14.4 Å². The summed E-state index contributed by atoms with van der Waals surface area (Å²) < 4.78 is 25.2. The van der Waals surface area contributed by atoms with E-state index in [1.807, 2.05) is 20.8 Å². The average Bonchev–Trinajstić information content (AvgIpc) is 3.06. The number of methoxy groups -OCH3 is 2. The molecular weight excluding hydrogens is 760 g/mol. The van der Waals surface area contributed by atoms with Crippen molar-refractivity contribution in [3.05, 3.63) is 80.8 Å². The molecule has 5 rings (SSSR count). The number of hydrogen-bond donors (Lipinski definition) is 0. The zero-order chi connectivity index (χ0) is 36.3. The van der Waals surface area contributed by atoms with Gasteiger partial charge in [0, 0.05) is 32.1 Å². The molecule has 0 bridgehead atoms. The summed E-state index contributed by atoms with van der Waals surface area (Å²) in [6, 6.07) is 13.2. The molecule has 262 valence electrons. The quantitative estimate of drug-likeness (QED) is 0.166. The van der Waals surface area contributed by atoms with Gasteiger partial charge in [0.25, 0.3) is 0 Å². The Morgan fingerprint density at radius 1 is 0.796 bits per heavy atom. The van der Waals surface area contributed by atoms with Crippen LogP contribution in [-0.2, 0) is 33.3 Å². The van der Waals surface area contributed by atoms with Crippen LogP contribution in [0.4, 0.5) is 0 Å². The van der Waals surface area contributed by atoms with Gasteiger partial charge >= 0.3 is 23.9 Å².